The first kappa shape index (κ1) is 14.8. The third kappa shape index (κ3) is 2.58. The Morgan fingerprint density at radius 2 is 2.17 bits per heavy atom. The summed E-state index contributed by atoms with van der Waals surface area (Å²) in [6.07, 6.45) is 6.21. The van der Waals surface area contributed by atoms with E-state index in [2.05, 4.69) is 16.4 Å². The van der Waals surface area contributed by atoms with E-state index >= 15 is 0 Å². The highest BCUT2D eigenvalue weighted by molar-refractivity contribution is 7.10. The van der Waals surface area contributed by atoms with Gasteiger partial charge in [0, 0.05) is 30.4 Å². The predicted octanol–water partition coefficient (Wildman–Crippen LogP) is 3.16. The summed E-state index contributed by atoms with van der Waals surface area (Å²) >= 11 is 1.80. The van der Waals surface area contributed by atoms with Crippen LogP contribution in [0.3, 0.4) is 0 Å². The minimum Gasteiger partial charge on any atom is -0.369 e. The van der Waals surface area contributed by atoms with Crippen molar-refractivity contribution in [3.05, 3.63) is 51.5 Å². The molecule has 0 radical (unpaired) electrons. The number of ether oxygens (including phenoxy) is 1. The molecule has 1 spiro atoms. The molecule has 1 saturated heterocycles. The van der Waals surface area contributed by atoms with E-state index in [1.165, 1.54) is 10.4 Å². The minimum atomic E-state index is -0.163. The van der Waals surface area contributed by atoms with Crippen molar-refractivity contribution < 1.29 is 9.53 Å². The van der Waals surface area contributed by atoms with Crippen LogP contribution in [0.4, 0.5) is 0 Å². The van der Waals surface area contributed by atoms with Gasteiger partial charge in [-0.25, -0.2) is 0 Å². The number of carbonyl (C=O) groups is 1. The Labute approximate surface area is 140 Å². The van der Waals surface area contributed by atoms with Crippen molar-refractivity contribution in [2.75, 3.05) is 19.7 Å². The number of rotatable bonds is 1. The quantitative estimate of drug-likeness (QED) is 0.807. The van der Waals surface area contributed by atoms with Crippen LogP contribution in [0.2, 0.25) is 0 Å². The largest absolute Gasteiger partial charge is 0.369 e. The number of amides is 1. The lowest BCUT2D eigenvalue weighted by Crippen LogP contribution is -2.47. The van der Waals surface area contributed by atoms with Gasteiger partial charge < -0.3 is 9.64 Å². The molecule has 0 aliphatic carbocycles. The number of carbonyl (C=O) groups excluding carboxylic acids is 1. The molecule has 2 aliphatic rings. The van der Waals surface area contributed by atoms with Crippen LogP contribution in [0.1, 0.15) is 39.2 Å². The standard InChI is InChI=1S/C18H20N2O2S/c1-13-10-15(12-19-11-13)17(21)20-6-4-18(5-7-20)16-14(2-8-22-18)3-9-23-16/h3,9-12H,2,4-8H2,1H3. The van der Waals surface area contributed by atoms with Crippen LogP contribution < -0.4 is 0 Å². The molecular weight excluding hydrogens is 308 g/mol. The van der Waals surface area contributed by atoms with E-state index in [1.54, 1.807) is 23.7 Å². The maximum absolute atomic E-state index is 12.7. The molecule has 0 atom stereocenters. The molecule has 0 saturated carbocycles. The van der Waals surface area contributed by atoms with Crippen LogP contribution in [0.5, 0.6) is 0 Å². The van der Waals surface area contributed by atoms with Crippen molar-refractivity contribution in [3.8, 4) is 0 Å². The Morgan fingerprint density at radius 3 is 2.96 bits per heavy atom. The van der Waals surface area contributed by atoms with Crippen molar-refractivity contribution in [1.29, 1.82) is 0 Å². The number of likely N-dealkylation sites (tertiary alicyclic amines) is 1. The highest BCUT2D eigenvalue weighted by atomic mass is 32.1. The molecule has 0 aromatic carbocycles. The van der Waals surface area contributed by atoms with Crippen molar-refractivity contribution in [3.63, 3.8) is 0 Å². The molecule has 1 fully saturated rings. The number of pyridine rings is 1. The summed E-state index contributed by atoms with van der Waals surface area (Å²) in [5.74, 6) is 0.0817. The number of thiophene rings is 1. The first-order chi connectivity index (χ1) is 11.2. The van der Waals surface area contributed by atoms with E-state index in [1.807, 2.05) is 17.9 Å². The first-order valence-electron chi connectivity index (χ1n) is 8.10. The summed E-state index contributed by atoms with van der Waals surface area (Å²) < 4.78 is 6.20. The van der Waals surface area contributed by atoms with Crippen LogP contribution in [0.25, 0.3) is 0 Å². The third-order valence-corrected chi connectivity index (χ3v) is 6.03. The fraction of sp³-hybridized carbons (Fsp3) is 0.444. The van der Waals surface area contributed by atoms with Gasteiger partial charge in [0.25, 0.3) is 5.91 Å². The Kier molecular flexibility index (Phi) is 3.70. The minimum absolute atomic E-state index is 0.0817. The lowest BCUT2D eigenvalue weighted by atomic mass is 9.85. The normalized spacial score (nSPS) is 19.6. The molecule has 23 heavy (non-hydrogen) atoms. The van der Waals surface area contributed by atoms with Crippen LogP contribution in [-0.4, -0.2) is 35.5 Å². The lowest BCUT2D eigenvalue weighted by molar-refractivity contribution is -0.0906. The van der Waals surface area contributed by atoms with E-state index in [4.69, 9.17) is 4.74 Å². The molecule has 0 bridgehead atoms. The topological polar surface area (TPSA) is 42.4 Å². The molecule has 2 aromatic rings. The predicted molar refractivity (Wildman–Crippen MR) is 89.8 cm³/mol. The molecule has 0 unspecified atom stereocenters. The van der Waals surface area contributed by atoms with E-state index in [-0.39, 0.29) is 11.5 Å². The number of hydrogen-bond acceptors (Lipinski definition) is 4. The summed E-state index contributed by atoms with van der Waals surface area (Å²) in [4.78, 5) is 20.1. The highest BCUT2D eigenvalue weighted by Crippen LogP contribution is 2.44. The molecule has 4 nitrogen and oxygen atoms in total. The van der Waals surface area contributed by atoms with Crippen LogP contribution in [0.15, 0.2) is 29.9 Å². The number of hydrogen-bond donors (Lipinski definition) is 0. The fourth-order valence-corrected chi connectivity index (χ4v) is 4.82. The van der Waals surface area contributed by atoms with Gasteiger partial charge in [-0.05, 0) is 54.8 Å². The first-order valence-corrected chi connectivity index (χ1v) is 8.98. The maximum Gasteiger partial charge on any atom is 0.255 e. The maximum atomic E-state index is 12.7. The molecule has 2 aromatic heterocycles. The molecule has 1 amide bonds. The number of nitrogens with zero attached hydrogens (tertiary/aromatic N) is 2. The van der Waals surface area contributed by atoms with E-state index in [0.29, 0.717) is 5.56 Å². The molecule has 0 N–H and O–H groups in total. The second-order valence-electron chi connectivity index (χ2n) is 6.41. The second-order valence-corrected chi connectivity index (χ2v) is 7.33. The van der Waals surface area contributed by atoms with E-state index in [0.717, 1.165) is 44.5 Å². The summed E-state index contributed by atoms with van der Waals surface area (Å²) in [6.45, 7) is 4.23. The third-order valence-electron chi connectivity index (χ3n) is 4.89. The molecule has 5 heteroatoms. The molecule has 4 heterocycles. The molecule has 2 aliphatic heterocycles. The SMILES string of the molecule is Cc1cncc(C(=O)N2CCC3(CC2)OCCc2ccsc23)c1. The Bertz CT molecular complexity index is 732. The van der Waals surface area contributed by atoms with Gasteiger partial charge in [0.05, 0.1) is 12.2 Å². The van der Waals surface area contributed by atoms with Crippen molar-refractivity contribution in [2.24, 2.45) is 0 Å². The van der Waals surface area contributed by atoms with Crippen molar-refractivity contribution >= 4 is 17.2 Å². The summed E-state index contributed by atoms with van der Waals surface area (Å²) in [5.41, 5.74) is 2.97. The number of fused-ring (bicyclic) bond motifs is 2. The van der Waals surface area contributed by atoms with E-state index < -0.39 is 0 Å². The lowest BCUT2D eigenvalue weighted by Gasteiger charge is -2.43. The number of piperidine rings is 1. The Balaban J connectivity index is 1.51. The zero-order valence-electron chi connectivity index (χ0n) is 13.2. The van der Waals surface area contributed by atoms with Crippen LogP contribution >= 0.6 is 11.3 Å². The van der Waals surface area contributed by atoms with Gasteiger partial charge in [0.1, 0.15) is 5.60 Å². The van der Waals surface area contributed by atoms with E-state index in [9.17, 15) is 4.79 Å². The van der Waals surface area contributed by atoms with Crippen LogP contribution in [0, 0.1) is 6.92 Å². The van der Waals surface area contributed by atoms with Gasteiger partial charge in [-0.15, -0.1) is 11.3 Å². The van der Waals surface area contributed by atoms with Gasteiger partial charge >= 0.3 is 0 Å². The van der Waals surface area contributed by atoms with Gasteiger partial charge in [-0.3, -0.25) is 9.78 Å². The summed E-state index contributed by atoms with van der Waals surface area (Å²) in [5, 5.41) is 2.16. The molecule has 120 valence electrons. The molecule has 4 rings (SSSR count). The average molecular weight is 328 g/mol. The summed E-state index contributed by atoms with van der Waals surface area (Å²) in [6, 6.07) is 4.13. The van der Waals surface area contributed by atoms with Crippen LogP contribution in [-0.2, 0) is 16.8 Å². The zero-order valence-corrected chi connectivity index (χ0v) is 14.1. The second kappa shape index (κ2) is 5.73. The monoisotopic (exact) mass is 328 g/mol. The summed E-state index contributed by atoms with van der Waals surface area (Å²) in [7, 11) is 0. The van der Waals surface area contributed by atoms with Crippen molar-refractivity contribution in [2.45, 2.75) is 31.8 Å². The van der Waals surface area contributed by atoms with Crippen molar-refractivity contribution in [1.82, 2.24) is 9.88 Å². The van der Waals surface area contributed by atoms with Gasteiger partial charge in [0.2, 0.25) is 0 Å². The van der Waals surface area contributed by atoms with Gasteiger partial charge in [0.15, 0.2) is 0 Å². The smallest absolute Gasteiger partial charge is 0.255 e. The molecular formula is C18H20N2O2S. The Hall–Kier alpha value is -1.72. The number of aryl methyl sites for hydroxylation is 1. The fourth-order valence-electron chi connectivity index (χ4n) is 3.65. The number of aromatic nitrogens is 1. The Morgan fingerprint density at radius 1 is 1.35 bits per heavy atom. The average Bonchev–Trinajstić information content (AvgIpc) is 3.05. The van der Waals surface area contributed by atoms with Gasteiger partial charge in [-0.1, -0.05) is 0 Å². The van der Waals surface area contributed by atoms with Gasteiger partial charge in [-0.2, -0.15) is 0 Å². The zero-order chi connectivity index (χ0) is 15.9. The highest BCUT2D eigenvalue weighted by Gasteiger charge is 2.42.